The summed E-state index contributed by atoms with van der Waals surface area (Å²) in [6.07, 6.45) is -2.61. The summed E-state index contributed by atoms with van der Waals surface area (Å²) < 4.78 is 49.6. The Morgan fingerprint density at radius 1 is 0.921 bits per heavy atom. The number of rotatable bonds is 8. The number of fused-ring (bicyclic) bond motifs is 1. The highest BCUT2D eigenvalue weighted by atomic mass is 19.4. The van der Waals surface area contributed by atoms with Crippen molar-refractivity contribution in [3.8, 4) is 11.4 Å². The molecule has 0 spiro atoms. The third-order valence-corrected chi connectivity index (χ3v) is 6.87. The molecule has 1 unspecified atom stereocenters. The molecule has 198 valence electrons. The molecule has 0 bridgehead atoms. The molecule has 0 saturated carbocycles. The second-order valence-corrected chi connectivity index (χ2v) is 9.26. The van der Waals surface area contributed by atoms with Gasteiger partial charge in [-0.1, -0.05) is 24.3 Å². The fraction of sp³-hybridized carbons (Fsp3) is 0.286. The molecular weight excluding hydrogens is 497 g/mol. The van der Waals surface area contributed by atoms with Gasteiger partial charge in [0.25, 0.3) is 0 Å². The van der Waals surface area contributed by atoms with Gasteiger partial charge in [-0.2, -0.15) is 18.3 Å². The lowest BCUT2D eigenvalue weighted by Gasteiger charge is -2.35. The number of aromatic nitrogens is 2. The normalized spacial score (nSPS) is 16.4. The maximum Gasteiger partial charge on any atom is 0.424 e. The number of ether oxygens (including phenoxy) is 1. The van der Waals surface area contributed by atoms with Crippen LogP contribution in [-0.2, 0) is 10.4 Å². The summed E-state index contributed by atoms with van der Waals surface area (Å²) in [6, 6.07) is 20.1. The van der Waals surface area contributed by atoms with Gasteiger partial charge in [0.05, 0.1) is 23.9 Å². The lowest BCUT2D eigenvalue weighted by molar-refractivity contribution is -0.275. The van der Waals surface area contributed by atoms with E-state index in [1.807, 2.05) is 30.3 Å². The Balaban J connectivity index is 1.32. The van der Waals surface area contributed by atoms with Crippen molar-refractivity contribution in [3.63, 3.8) is 0 Å². The first-order chi connectivity index (χ1) is 18.3. The van der Waals surface area contributed by atoms with Gasteiger partial charge in [0, 0.05) is 37.3 Å². The lowest BCUT2D eigenvalue weighted by Crippen LogP contribution is -2.47. The Bertz CT molecular complexity index is 1380. The predicted octanol–water partition coefficient (Wildman–Crippen LogP) is 4.18. The fourth-order valence-electron chi connectivity index (χ4n) is 4.63. The van der Waals surface area contributed by atoms with Gasteiger partial charge in [-0.05, 0) is 54.1 Å². The van der Waals surface area contributed by atoms with Crippen LogP contribution in [0.25, 0.3) is 16.6 Å². The Morgan fingerprint density at radius 2 is 1.63 bits per heavy atom. The van der Waals surface area contributed by atoms with E-state index in [2.05, 4.69) is 14.9 Å². The van der Waals surface area contributed by atoms with E-state index in [1.54, 1.807) is 28.9 Å². The number of anilines is 1. The molecule has 1 saturated heterocycles. The van der Waals surface area contributed by atoms with Gasteiger partial charge in [-0.25, -0.2) is 4.68 Å². The van der Waals surface area contributed by atoms with Gasteiger partial charge in [-0.15, -0.1) is 0 Å². The van der Waals surface area contributed by atoms with Gasteiger partial charge in [0.15, 0.2) is 0 Å². The smallest absolute Gasteiger partial charge is 0.424 e. The predicted molar refractivity (Wildman–Crippen MR) is 138 cm³/mol. The van der Waals surface area contributed by atoms with E-state index in [0.29, 0.717) is 17.4 Å². The molecule has 10 heteroatoms. The molecule has 2 heterocycles. The summed E-state index contributed by atoms with van der Waals surface area (Å²) in [5.74, 6) is 0.217. The van der Waals surface area contributed by atoms with Crippen molar-refractivity contribution < 1.29 is 27.8 Å². The number of halogens is 3. The molecule has 3 aromatic carbocycles. The quantitative estimate of drug-likeness (QED) is 0.349. The van der Waals surface area contributed by atoms with E-state index in [9.17, 15) is 23.1 Å². The van der Waals surface area contributed by atoms with E-state index in [-0.39, 0.29) is 11.3 Å². The van der Waals surface area contributed by atoms with Gasteiger partial charge in [0.1, 0.15) is 18.6 Å². The number of hydrogen-bond acceptors (Lipinski definition) is 6. The standard InChI is InChI=1S/C28H27F3N4O3/c29-28(30,31)27(37,22-6-11-26-21(18-22)19-32-35(26)24-4-2-1-3-5-24)20-38-25-9-7-23(8-10-25)34-14-12-33(13-15-34)16-17-36/h1-11,17-19,37H,12-16,20H2. The highest BCUT2D eigenvalue weighted by Crippen LogP contribution is 2.40. The van der Waals surface area contributed by atoms with Crippen molar-refractivity contribution >= 4 is 22.9 Å². The van der Waals surface area contributed by atoms with E-state index in [4.69, 9.17) is 4.74 Å². The summed E-state index contributed by atoms with van der Waals surface area (Å²) >= 11 is 0. The molecule has 1 atom stereocenters. The number of aliphatic hydroxyl groups is 1. The molecule has 0 aliphatic carbocycles. The Labute approximate surface area is 217 Å². The monoisotopic (exact) mass is 524 g/mol. The molecular formula is C28H27F3N4O3. The zero-order chi connectivity index (χ0) is 26.8. The van der Waals surface area contributed by atoms with E-state index < -0.39 is 18.4 Å². The minimum Gasteiger partial charge on any atom is -0.490 e. The first kappa shape index (κ1) is 25.7. The third kappa shape index (κ3) is 5.09. The molecule has 1 aliphatic rings. The van der Waals surface area contributed by atoms with Gasteiger partial charge >= 0.3 is 6.18 Å². The highest BCUT2D eigenvalue weighted by Gasteiger charge is 2.56. The second-order valence-electron chi connectivity index (χ2n) is 9.26. The summed E-state index contributed by atoms with van der Waals surface area (Å²) in [6.45, 7) is 2.40. The number of para-hydroxylation sites is 1. The molecule has 5 rings (SSSR count). The van der Waals surface area contributed by atoms with Crippen molar-refractivity contribution in [2.75, 3.05) is 44.2 Å². The number of carbonyl (C=O) groups is 1. The molecule has 4 aromatic rings. The maximum atomic E-state index is 14.2. The van der Waals surface area contributed by atoms with Crippen molar-refractivity contribution in [1.29, 1.82) is 0 Å². The number of alkyl halides is 3. The molecule has 0 amide bonds. The van der Waals surface area contributed by atoms with Crippen LogP contribution in [0.3, 0.4) is 0 Å². The van der Waals surface area contributed by atoms with Crippen LogP contribution < -0.4 is 9.64 Å². The van der Waals surface area contributed by atoms with E-state index >= 15 is 0 Å². The number of carbonyl (C=O) groups excluding carboxylic acids is 1. The summed E-state index contributed by atoms with van der Waals surface area (Å²) in [5, 5.41) is 15.6. The number of piperazine rings is 1. The van der Waals surface area contributed by atoms with Crippen LogP contribution in [0, 0.1) is 0 Å². The molecule has 0 radical (unpaired) electrons. The summed E-state index contributed by atoms with van der Waals surface area (Å²) in [7, 11) is 0. The van der Waals surface area contributed by atoms with Crippen LogP contribution in [0.2, 0.25) is 0 Å². The molecule has 7 nitrogen and oxygen atoms in total. The van der Waals surface area contributed by atoms with Crippen molar-refractivity contribution in [3.05, 3.63) is 84.6 Å². The van der Waals surface area contributed by atoms with Crippen LogP contribution in [0.4, 0.5) is 18.9 Å². The zero-order valence-electron chi connectivity index (χ0n) is 20.5. The molecule has 1 N–H and O–H groups in total. The van der Waals surface area contributed by atoms with Crippen molar-refractivity contribution in [2.45, 2.75) is 11.8 Å². The molecule has 38 heavy (non-hydrogen) atoms. The molecule has 1 fully saturated rings. The number of benzene rings is 3. The first-order valence-corrected chi connectivity index (χ1v) is 12.2. The average Bonchev–Trinajstić information content (AvgIpc) is 3.36. The number of nitrogens with zero attached hydrogens (tertiary/aromatic N) is 4. The minimum atomic E-state index is -4.97. The highest BCUT2D eigenvalue weighted by molar-refractivity contribution is 5.81. The number of aldehydes is 1. The van der Waals surface area contributed by atoms with E-state index in [1.165, 1.54) is 24.4 Å². The van der Waals surface area contributed by atoms with Gasteiger partial charge in [0.2, 0.25) is 5.60 Å². The Hall–Kier alpha value is -3.89. The van der Waals surface area contributed by atoms with Crippen LogP contribution in [-0.4, -0.2) is 71.6 Å². The van der Waals surface area contributed by atoms with Crippen LogP contribution in [0.5, 0.6) is 5.75 Å². The topological polar surface area (TPSA) is 70.8 Å². The van der Waals surface area contributed by atoms with Crippen molar-refractivity contribution in [2.24, 2.45) is 0 Å². The fourth-order valence-corrected chi connectivity index (χ4v) is 4.63. The lowest BCUT2D eigenvalue weighted by atomic mass is 9.93. The first-order valence-electron chi connectivity index (χ1n) is 12.2. The second kappa shape index (κ2) is 10.5. The third-order valence-electron chi connectivity index (χ3n) is 6.87. The van der Waals surface area contributed by atoms with E-state index in [0.717, 1.165) is 43.8 Å². The van der Waals surface area contributed by atoms with Gasteiger partial charge < -0.3 is 19.5 Å². The van der Waals surface area contributed by atoms with Crippen molar-refractivity contribution in [1.82, 2.24) is 14.7 Å². The minimum absolute atomic E-state index is 0.217. The summed E-state index contributed by atoms with van der Waals surface area (Å²) in [5.41, 5.74) is -1.24. The van der Waals surface area contributed by atoms with Crippen LogP contribution in [0.1, 0.15) is 5.56 Å². The number of hydrogen-bond donors (Lipinski definition) is 1. The Kier molecular flexibility index (Phi) is 7.09. The van der Waals surface area contributed by atoms with Crippen LogP contribution >= 0.6 is 0 Å². The SMILES string of the molecule is O=CCN1CCN(c2ccc(OCC(O)(c3ccc4c(cnn4-c4ccccc4)c3)C(F)(F)F)cc2)CC1. The zero-order valence-corrected chi connectivity index (χ0v) is 20.5. The maximum absolute atomic E-state index is 14.2. The summed E-state index contributed by atoms with van der Waals surface area (Å²) in [4.78, 5) is 14.9. The molecule has 1 aliphatic heterocycles. The molecule has 1 aromatic heterocycles. The Morgan fingerprint density at radius 3 is 2.29 bits per heavy atom. The largest absolute Gasteiger partial charge is 0.490 e. The van der Waals surface area contributed by atoms with Gasteiger partial charge in [-0.3, -0.25) is 4.90 Å². The van der Waals surface area contributed by atoms with Crippen LogP contribution in [0.15, 0.2) is 79.0 Å². The average molecular weight is 525 g/mol.